The molecular formula is C20H20ClF3N4O5. The van der Waals surface area contributed by atoms with Gasteiger partial charge in [0, 0.05) is 23.9 Å². The van der Waals surface area contributed by atoms with Crippen LogP contribution in [0.4, 0.5) is 18.9 Å². The summed E-state index contributed by atoms with van der Waals surface area (Å²) in [4.78, 5) is 26.5. The van der Waals surface area contributed by atoms with E-state index >= 15 is 0 Å². The van der Waals surface area contributed by atoms with Gasteiger partial charge in [0.1, 0.15) is 11.6 Å². The zero-order valence-corrected chi connectivity index (χ0v) is 17.7. The number of hydrogen-bond acceptors (Lipinski definition) is 6. The van der Waals surface area contributed by atoms with Gasteiger partial charge in [-0.25, -0.2) is 0 Å². The monoisotopic (exact) mass is 488 g/mol. The number of primary amides is 1. The molecule has 2 aromatic carbocycles. The van der Waals surface area contributed by atoms with Crippen molar-refractivity contribution in [2.24, 2.45) is 11.5 Å². The van der Waals surface area contributed by atoms with Crippen molar-refractivity contribution >= 4 is 35.7 Å². The van der Waals surface area contributed by atoms with Gasteiger partial charge in [0.2, 0.25) is 5.60 Å². The second kappa shape index (κ2) is 9.65. The average Bonchev–Trinajstić information content (AvgIpc) is 2.72. The molecule has 0 spiro atoms. The van der Waals surface area contributed by atoms with Crippen LogP contribution in [0.5, 0.6) is 5.75 Å². The maximum Gasteiger partial charge on any atom is 0.573 e. The number of nitrogens with zero attached hydrogens (tertiary/aromatic N) is 1. The molecule has 3 rings (SSSR count). The molecule has 0 radical (unpaired) electrons. The third-order valence-electron chi connectivity index (χ3n) is 4.84. The summed E-state index contributed by atoms with van der Waals surface area (Å²) in [6.45, 7) is -0.190. The van der Waals surface area contributed by atoms with Gasteiger partial charge in [-0.3, -0.25) is 15.0 Å². The summed E-state index contributed by atoms with van der Waals surface area (Å²) >= 11 is 0. The number of nitrogens with one attached hydrogen (secondary N) is 1. The minimum absolute atomic E-state index is 0. The van der Waals surface area contributed by atoms with E-state index in [-0.39, 0.29) is 42.6 Å². The first-order chi connectivity index (χ1) is 14.9. The van der Waals surface area contributed by atoms with E-state index in [1.54, 1.807) is 0 Å². The number of carbonyl (C=O) groups excluding carboxylic acids is 2. The highest BCUT2D eigenvalue weighted by atomic mass is 35.5. The fourth-order valence-corrected chi connectivity index (χ4v) is 3.32. The molecule has 0 aliphatic carbocycles. The van der Waals surface area contributed by atoms with Crippen LogP contribution in [-0.2, 0) is 19.9 Å². The molecule has 2 aromatic rings. The SMILES string of the molecule is Cl.N=C(N)c1ccc([C@@](O)(C(N)=O)[C@H]2OCCN(c3cccc(OC(F)(F)F)c3)C2=O)cc1. The molecule has 33 heavy (non-hydrogen) atoms. The Bertz CT molecular complexity index is 1050. The van der Waals surface area contributed by atoms with Crippen molar-refractivity contribution in [3.05, 3.63) is 59.7 Å². The fraction of sp³-hybridized carbons (Fsp3) is 0.250. The number of aliphatic hydroxyl groups is 1. The van der Waals surface area contributed by atoms with Gasteiger partial charge in [0.15, 0.2) is 6.10 Å². The second-order valence-electron chi connectivity index (χ2n) is 6.91. The molecule has 1 heterocycles. The average molecular weight is 489 g/mol. The van der Waals surface area contributed by atoms with Gasteiger partial charge in [-0.2, -0.15) is 0 Å². The molecule has 178 valence electrons. The van der Waals surface area contributed by atoms with Gasteiger partial charge in [-0.05, 0) is 17.7 Å². The molecule has 1 aliphatic rings. The van der Waals surface area contributed by atoms with Crippen molar-refractivity contribution in [1.82, 2.24) is 0 Å². The van der Waals surface area contributed by atoms with E-state index in [4.69, 9.17) is 21.6 Å². The third-order valence-corrected chi connectivity index (χ3v) is 4.84. The summed E-state index contributed by atoms with van der Waals surface area (Å²) in [6, 6.07) is 9.95. The number of hydrogen-bond donors (Lipinski definition) is 4. The topological polar surface area (TPSA) is 152 Å². The molecule has 1 saturated heterocycles. The van der Waals surface area contributed by atoms with E-state index in [0.717, 1.165) is 17.0 Å². The lowest BCUT2D eigenvalue weighted by Crippen LogP contribution is -2.61. The van der Waals surface area contributed by atoms with Gasteiger partial charge in [0.05, 0.1) is 6.61 Å². The highest BCUT2D eigenvalue weighted by molar-refractivity contribution is 6.03. The summed E-state index contributed by atoms with van der Waals surface area (Å²) in [5.41, 5.74) is 8.49. The number of morpholine rings is 1. The summed E-state index contributed by atoms with van der Waals surface area (Å²) < 4.78 is 46.9. The van der Waals surface area contributed by atoms with Crippen LogP contribution in [0, 0.1) is 5.41 Å². The van der Waals surface area contributed by atoms with Crippen molar-refractivity contribution in [2.45, 2.75) is 18.1 Å². The zero-order valence-electron chi connectivity index (χ0n) is 16.8. The number of benzene rings is 2. The van der Waals surface area contributed by atoms with Crippen LogP contribution in [0.25, 0.3) is 0 Å². The van der Waals surface area contributed by atoms with Gasteiger partial charge in [-0.1, -0.05) is 30.3 Å². The number of anilines is 1. The van der Waals surface area contributed by atoms with Crippen molar-refractivity contribution in [1.29, 1.82) is 5.41 Å². The second-order valence-corrected chi connectivity index (χ2v) is 6.91. The Hall–Kier alpha value is -3.35. The van der Waals surface area contributed by atoms with Crippen LogP contribution in [0.15, 0.2) is 48.5 Å². The van der Waals surface area contributed by atoms with Crippen LogP contribution in [0.3, 0.4) is 0 Å². The van der Waals surface area contributed by atoms with Crippen LogP contribution in [0.2, 0.25) is 0 Å². The van der Waals surface area contributed by atoms with Crippen molar-refractivity contribution in [3.63, 3.8) is 0 Å². The minimum Gasteiger partial charge on any atom is -0.406 e. The van der Waals surface area contributed by atoms with E-state index in [9.17, 15) is 27.9 Å². The Morgan fingerprint density at radius 2 is 1.82 bits per heavy atom. The Morgan fingerprint density at radius 1 is 1.18 bits per heavy atom. The summed E-state index contributed by atoms with van der Waals surface area (Å²) in [5.74, 6) is -2.97. The molecule has 13 heteroatoms. The smallest absolute Gasteiger partial charge is 0.406 e. The normalized spacial score (nSPS) is 18.1. The Balaban J connectivity index is 0.00000385. The quantitative estimate of drug-likeness (QED) is 0.356. The van der Waals surface area contributed by atoms with Gasteiger partial charge in [0.25, 0.3) is 11.8 Å². The largest absolute Gasteiger partial charge is 0.573 e. The fourth-order valence-electron chi connectivity index (χ4n) is 3.32. The van der Waals surface area contributed by atoms with Crippen molar-refractivity contribution < 1.29 is 37.3 Å². The number of rotatable bonds is 6. The highest BCUT2D eigenvalue weighted by Gasteiger charge is 2.52. The van der Waals surface area contributed by atoms with Gasteiger partial charge in [-0.15, -0.1) is 25.6 Å². The number of alkyl halides is 3. The van der Waals surface area contributed by atoms with Crippen molar-refractivity contribution in [2.75, 3.05) is 18.1 Å². The first kappa shape index (κ1) is 25.9. The first-order valence-corrected chi connectivity index (χ1v) is 9.19. The maximum absolute atomic E-state index is 13.1. The molecule has 0 unspecified atom stereocenters. The molecule has 0 aromatic heterocycles. The third kappa shape index (κ3) is 5.35. The first-order valence-electron chi connectivity index (χ1n) is 9.19. The highest BCUT2D eigenvalue weighted by Crippen LogP contribution is 2.33. The lowest BCUT2D eigenvalue weighted by atomic mass is 9.85. The molecule has 2 atom stereocenters. The summed E-state index contributed by atoms with van der Waals surface area (Å²) in [5, 5.41) is 18.6. The zero-order chi connectivity index (χ0) is 23.7. The van der Waals surface area contributed by atoms with Crippen molar-refractivity contribution in [3.8, 4) is 5.75 Å². The summed E-state index contributed by atoms with van der Waals surface area (Å²) in [7, 11) is 0. The van der Waals surface area contributed by atoms with E-state index in [2.05, 4.69) is 4.74 Å². The molecule has 2 amide bonds. The number of amides is 2. The van der Waals surface area contributed by atoms with E-state index in [1.165, 1.54) is 36.4 Å². The number of nitrogens with two attached hydrogens (primary N) is 2. The lowest BCUT2D eigenvalue weighted by Gasteiger charge is -2.39. The van der Waals surface area contributed by atoms with Gasteiger partial charge < -0.3 is 30.9 Å². The predicted octanol–water partition coefficient (Wildman–Crippen LogP) is 1.40. The molecule has 1 fully saturated rings. The summed E-state index contributed by atoms with van der Waals surface area (Å²) in [6.07, 6.45) is -6.70. The molecule has 0 bridgehead atoms. The number of nitrogen functional groups attached to an aromatic ring is 1. The molecule has 0 saturated carbocycles. The van der Waals surface area contributed by atoms with Crippen LogP contribution < -0.4 is 21.1 Å². The molecule has 6 N–H and O–H groups in total. The lowest BCUT2D eigenvalue weighted by molar-refractivity contribution is -0.274. The minimum atomic E-state index is -4.92. The van der Waals surface area contributed by atoms with Crippen LogP contribution in [-0.4, -0.2) is 48.4 Å². The van der Waals surface area contributed by atoms with Gasteiger partial charge >= 0.3 is 6.36 Å². The molecular weight excluding hydrogens is 469 g/mol. The number of halogens is 4. The van der Waals surface area contributed by atoms with Crippen LogP contribution in [0.1, 0.15) is 11.1 Å². The number of amidine groups is 1. The number of carbonyl (C=O) groups is 2. The Kier molecular flexibility index (Phi) is 7.57. The Labute approximate surface area is 192 Å². The van der Waals surface area contributed by atoms with Crippen LogP contribution >= 0.6 is 12.4 Å². The molecule has 9 nitrogen and oxygen atoms in total. The maximum atomic E-state index is 13.1. The number of ether oxygens (including phenoxy) is 2. The standard InChI is InChI=1S/C20H19F3N4O5.ClH/c21-20(22,23)32-14-3-1-2-13(10-14)27-8-9-31-15(17(27)28)19(30,18(26)29)12-6-4-11(5-7-12)16(24)25;/h1-7,10,15,30H,8-9H2,(H3,24,25)(H2,26,29);1H/t15-,19-;/m0./s1. The molecule has 1 aliphatic heterocycles. The Morgan fingerprint density at radius 3 is 2.36 bits per heavy atom. The van der Waals surface area contributed by atoms with E-state index in [1.807, 2.05) is 0 Å². The van der Waals surface area contributed by atoms with E-state index in [0.29, 0.717) is 5.56 Å². The van der Waals surface area contributed by atoms with E-state index < -0.39 is 35.6 Å². The predicted molar refractivity (Wildman–Crippen MR) is 113 cm³/mol.